The molecule has 0 aromatic carbocycles. The van der Waals surface area contributed by atoms with Gasteiger partial charge in [-0.05, 0) is 29.4 Å². The lowest BCUT2D eigenvalue weighted by molar-refractivity contribution is -0.391. The molecule has 0 fully saturated rings. The molecule has 0 N–H and O–H groups in total. The fraction of sp³-hybridized carbons (Fsp3) is 0.231. The average molecular weight is 303 g/mol. The van der Waals surface area contributed by atoms with E-state index in [2.05, 4.69) is 21.0 Å². The minimum atomic E-state index is -0.480. The zero-order valence-corrected chi connectivity index (χ0v) is 12.2. The van der Waals surface area contributed by atoms with E-state index in [9.17, 15) is 10.1 Å². The summed E-state index contributed by atoms with van der Waals surface area (Å²) in [4.78, 5) is 17.8. The maximum atomic E-state index is 11.0. The van der Waals surface area contributed by atoms with Crippen LogP contribution in [-0.4, -0.2) is 26.1 Å². The molecule has 0 unspecified atom stereocenters. The monoisotopic (exact) mass is 303 g/mol. The van der Waals surface area contributed by atoms with Crippen LogP contribution in [0.3, 0.4) is 0 Å². The molecule has 8 heteroatoms. The minimum absolute atomic E-state index is 0.126. The lowest BCUT2D eigenvalue weighted by Crippen LogP contribution is -2.23. The predicted molar refractivity (Wildman–Crippen MR) is 80.7 cm³/mol. The van der Waals surface area contributed by atoms with Crippen molar-refractivity contribution >= 4 is 28.6 Å². The first-order chi connectivity index (χ1) is 10.2. The molecule has 0 aliphatic rings. The Labute approximate surface area is 124 Å². The Kier molecular flexibility index (Phi) is 3.53. The van der Waals surface area contributed by atoms with Crippen molar-refractivity contribution in [3.05, 3.63) is 50.8 Å². The Bertz CT molecular complexity index is 768. The smallest absolute Gasteiger partial charge is 0.358 e. The highest BCUT2D eigenvalue weighted by Gasteiger charge is 2.18. The van der Waals surface area contributed by atoms with E-state index in [4.69, 9.17) is 0 Å². The standard InChI is InChI=1S/C13H13N5O2S/c1-2-16(9-10-4-3-7-21-10)12-6-5-11-14-8-13(18(19)20)17(11)15-12/h3-8H,2,9H2,1H3. The predicted octanol–water partition coefficient (Wildman–Crippen LogP) is 2.73. The van der Waals surface area contributed by atoms with Gasteiger partial charge in [0.2, 0.25) is 5.65 Å². The lowest BCUT2D eigenvalue weighted by Gasteiger charge is -2.19. The van der Waals surface area contributed by atoms with Crippen LogP contribution in [0.15, 0.2) is 35.8 Å². The molecular weight excluding hydrogens is 290 g/mol. The van der Waals surface area contributed by atoms with Crippen LogP contribution in [0, 0.1) is 10.1 Å². The Balaban J connectivity index is 1.98. The van der Waals surface area contributed by atoms with E-state index < -0.39 is 4.92 Å². The maximum absolute atomic E-state index is 11.0. The largest absolute Gasteiger partial charge is 0.368 e. The molecule has 3 aromatic heterocycles. The Morgan fingerprint density at radius 3 is 2.95 bits per heavy atom. The van der Waals surface area contributed by atoms with Gasteiger partial charge in [0.1, 0.15) is 6.20 Å². The van der Waals surface area contributed by atoms with E-state index >= 15 is 0 Å². The molecule has 3 heterocycles. The number of rotatable bonds is 5. The quantitative estimate of drug-likeness (QED) is 0.535. The maximum Gasteiger partial charge on any atom is 0.368 e. The highest BCUT2D eigenvalue weighted by Crippen LogP contribution is 2.20. The van der Waals surface area contributed by atoms with E-state index in [0.717, 1.165) is 13.1 Å². The van der Waals surface area contributed by atoms with Crippen LogP contribution in [0.5, 0.6) is 0 Å². The molecule has 0 bridgehead atoms. The number of nitrogens with zero attached hydrogens (tertiary/aromatic N) is 5. The number of aromatic nitrogens is 3. The van der Waals surface area contributed by atoms with Crippen LogP contribution in [0.2, 0.25) is 0 Å². The van der Waals surface area contributed by atoms with Crippen molar-refractivity contribution < 1.29 is 4.92 Å². The molecule has 0 amide bonds. The van der Waals surface area contributed by atoms with Crippen LogP contribution < -0.4 is 4.90 Å². The highest BCUT2D eigenvalue weighted by molar-refractivity contribution is 7.09. The minimum Gasteiger partial charge on any atom is -0.358 e. The highest BCUT2D eigenvalue weighted by atomic mass is 32.1. The van der Waals surface area contributed by atoms with Crippen molar-refractivity contribution in [1.82, 2.24) is 14.6 Å². The Morgan fingerprint density at radius 1 is 1.43 bits per heavy atom. The number of anilines is 1. The fourth-order valence-corrected chi connectivity index (χ4v) is 2.81. The summed E-state index contributed by atoms with van der Waals surface area (Å²) in [6.45, 7) is 3.52. The molecule has 21 heavy (non-hydrogen) atoms. The molecule has 3 rings (SSSR count). The van der Waals surface area contributed by atoms with Gasteiger partial charge in [-0.25, -0.2) is 4.98 Å². The molecule has 0 aliphatic heterocycles. The second-order valence-corrected chi connectivity index (χ2v) is 5.46. The van der Waals surface area contributed by atoms with Crippen LogP contribution in [0.4, 0.5) is 11.6 Å². The Hall–Kier alpha value is -2.48. The van der Waals surface area contributed by atoms with Gasteiger partial charge < -0.3 is 15.0 Å². The lowest BCUT2D eigenvalue weighted by atomic mass is 10.4. The van der Waals surface area contributed by atoms with Crippen molar-refractivity contribution in [2.75, 3.05) is 11.4 Å². The first-order valence-corrected chi connectivity index (χ1v) is 7.33. The summed E-state index contributed by atoms with van der Waals surface area (Å²) in [5.41, 5.74) is 0.470. The van der Waals surface area contributed by atoms with Crippen LogP contribution in [0.25, 0.3) is 5.65 Å². The fourth-order valence-electron chi connectivity index (χ4n) is 2.09. The SMILES string of the molecule is CCN(Cc1cccs1)c1ccc2ncc([N+](=O)[O-])n2n1. The van der Waals surface area contributed by atoms with Gasteiger partial charge in [-0.3, -0.25) is 0 Å². The van der Waals surface area contributed by atoms with E-state index in [-0.39, 0.29) is 5.82 Å². The third-order valence-corrected chi connectivity index (χ3v) is 4.01. The van der Waals surface area contributed by atoms with Crippen LogP contribution in [-0.2, 0) is 6.54 Å². The molecular formula is C13H13N5O2S. The number of nitro groups is 1. The molecule has 0 spiro atoms. The summed E-state index contributed by atoms with van der Waals surface area (Å²) < 4.78 is 1.27. The molecule has 7 nitrogen and oxygen atoms in total. The topological polar surface area (TPSA) is 76.6 Å². The first kappa shape index (κ1) is 13.5. The van der Waals surface area contributed by atoms with Crippen molar-refractivity contribution in [2.45, 2.75) is 13.5 Å². The molecule has 0 atom stereocenters. The van der Waals surface area contributed by atoms with Gasteiger partial charge in [0.15, 0.2) is 5.82 Å². The zero-order chi connectivity index (χ0) is 14.8. The van der Waals surface area contributed by atoms with Crippen molar-refractivity contribution in [3.8, 4) is 0 Å². The van der Waals surface area contributed by atoms with Crippen LogP contribution >= 0.6 is 11.3 Å². The third-order valence-electron chi connectivity index (χ3n) is 3.15. The number of fused-ring (bicyclic) bond motifs is 1. The van der Waals surface area contributed by atoms with Gasteiger partial charge in [-0.15, -0.1) is 11.3 Å². The van der Waals surface area contributed by atoms with Gasteiger partial charge in [0.25, 0.3) is 0 Å². The van der Waals surface area contributed by atoms with Crippen molar-refractivity contribution in [1.29, 1.82) is 0 Å². The first-order valence-electron chi connectivity index (χ1n) is 6.45. The number of hydrogen-bond acceptors (Lipinski definition) is 6. The molecule has 0 saturated carbocycles. The molecule has 3 aromatic rings. The Morgan fingerprint density at radius 2 is 2.29 bits per heavy atom. The van der Waals surface area contributed by atoms with Crippen molar-refractivity contribution in [3.63, 3.8) is 0 Å². The zero-order valence-electron chi connectivity index (χ0n) is 11.3. The molecule has 0 aliphatic carbocycles. The van der Waals surface area contributed by atoms with E-state index in [1.807, 2.05) is 24.4 Å². The van der Waals surface area contributed by atoms with Crippen molar-refractivity contribution in [2.24, 2.45) is 0 Å². The second-order valence-electron chi connectivity index (χ2n) is 4.43. The summed E-state index contributed by atoms with van der Waals surface area (Å²) in [6, 6.07) is 7.65. The van der Waals surface area contributed by atoms with Gasteiger partial charge in [0.05, 0.1) is 6.54 Å². The summed E-state index contributed by atoms with van der Waals surface area (Å²) in [5, 5.41) is 17.4. The molecule has 0 radical (unpaired) electrons. The summed E-state index contributed by atoms with van der Waals surface area (Å²) in [5.74, 6) is 0.568. The second kappa shape index (κ2) is 5.49. The third kappa shape index (κ3) is 2.57. The van der Waals surface area contributed by atoms with E-state index in [1.54, 1.807) is 17.4 Å². The van der Waals surface area contributed by atoms with Crippen LogP contribution in [0.1, 0.15) is 11.8 Å². The normalized spacial score (nSPS) is 10.9. The van der Waals surface area contributed by atoms with E-state index in [0.29, 0.717) is 11.5 Å². The summed E-state index contributed by atoms with van der Waals surface area (Å²) in [7, 11) is 0. The number of imidazole rings is 1. The average Bonchev–Trinajstić information content (AvgIpc) is 3.13. The van der Waals surface area contributed by atoms with Gasteiger partial charge in [0, 0.05) is 17.5 Å². The van der Waals surface area contributed by atoms with Gasteiger partial charge in [-0.1, -0.05) is 15.7 Å². The van der Waals surface area contributed by atoms with Gasteiger partial charge in [-0.2, -0.15) is 0 Å². The van der Waals surface area contributed by atoms with E-state index in [1.165, 1.54) is 15.6 Å². The molecule has 0 saturated heterocycles. The molecule has 108 valence electrons. The summed E-state index contributed by atoms with van der Waals surface area (Å²) >= 11 is 1.68. The summed E-state index contributed by atoms with van der Waals surface area (Å²) in [6.07, 6.45) is 1.22. The number of thiophene rings is 1. The van der Waals surface area contributed by atoms with Gasteiger partial charge >= 0.3 is 5.82 Å². The number of hydrogen-bond donors (Lipinski definition) is 0.